The van der Waals surface area contributed by atoms with E-state index >= 15 is 0 Å². The van der Waals surface area contributed by atoms with Crippen LogP contribution >= 0.6 is 0 Å². The van der Waals surface area contributed by atoms with Crippen LogP contribution in [0.1, 0.15) is 47.5 Å². The molecule has 0 aromatic rings. The number of nitrogens with one attached hydrogen (secondary N) is 1. The van der Waals surface area contributed by atoms with Crippen LogP contribution in [0.2, 0.25) is 0 Å². The molecular formula is C12H23NO. The van der Waals surface area contributed by atoms with Crippen molar-refractivity contribution in [1.29, 1.82) is 0 Å². The highest BCUT2D eigenvalue weighted by atomic mass is 16.1. The minimum atomic E-state index is 0.0485. The van der Waals surface area contributed by atoms with Crippen LogP contribution < -0.4 is 5.32 Å². The molecule has 0 spiro atoms. The maximum Gasteiger partial charge on any atom is 0.227 e. The van der Waals surface area contributed by atoms with E-state index in [-0.39, 0.29) is 17.9 Å². The van der Waals surface area contributed by atoms with Crippen LogP contribution in [0.25, 0.3) is 0 Å². The van der Waals surface area contributed by atoms with Gasteiger partial charge in [-0.2, -0.15) is 0 Å². The van der Waals surface area contributed by atoms with Crippen molar-refractivity contribution in [2.24, 2.45) is 5.92 Å². The Morgan fingerprint density at radius 1 is 1.36 bits per heavy atom. The number of hydrogen-bond donors (Lipinski definition) is 1. The van der Waals surface area contributed by atoms with Crippen LogP contribution in [0.4, 0.5) is 0 Å². The van der Waals surface area contributed by atoms with E-state index in [4.69, 9.17) is 0 Å². The number of hydrogen-bond acceptors (Lipinski definition) is 1. The molecule has 1 N–H and O–H groups in total. The smallest absolute Gasteiger partial charge is 0.227 e. The lowest BCUT2D eigenvalue weighted by molar-refractivity contribution is -0.124. The van der Waals surface area contributed by atoms with E-state index in [1.807, 2.05) is 27.7 Å². The summed E-state index contributed by atoms with van der Waals surface area (Å²) in [6.07, 6.45) is 4.03. The highest BCUT2D eigenvalue weighted by Crippen LogP contribution is 2.11. The maximum absolute atomic E-state index is 11.7. The van der Waals surface area contributed by atoms with Crippen molar-refractivity contribution in [1.82, 2.24) is 5.32 Å². The van der Waals surface area contributed by atoms with E-state index in [1.54, 1.807) is 0 Å². The zero-order valence-corrected chi connectivity index (χ0v) is 10.1. The molecule has 0 rings (SSSR count). The number of carbonyl (C=O) groups is 1. The molecule has 0 aromatic heterocycles. The van der Waals surface area contributed by atoms with Crippen LogP contribution in [0.15, 0.2) is 11.6 Å². The molecule has 2 nitrogen and oxygen atoms in total. The normalized spacial score (nSPS) is 12.4. The molecule has 1 amide bonds. The number of rotatable bonds is 5. The highest BCUT2D eigenvalue weighted by Gasteiger charge is 2.14. The second-order valence-electron chi connectivity index (χ2n) is 4.30. The summed E-state index contributed by atoms with van der Waals surface area (Å²) >= 11 is 0. The zero-order chi connectivity index (χ0) is 11.1. The monoisotopic (exact) mass is 197 g/mol. The van der Waals surface area contributed by atoms with Gasteiger partial charge in [-0.05, 0) is 34.1 Å². The first kappa shape index (κ1) is 13.2. The fourth-order valence-corrected chi connectivity index (χ4v) is 1.40. The second-order valence-corrected chi connectivity index (χ2v) is 4.30. The van der Waals surface area contributed by atoms with Gasteiger partial charge in [-0.1, -0.05) is 25.0 Å². The summed E-state index contributed by atoms with van der Waals surface area (Å²) in [7, 11) is 0. The lowest BCUT2D eigenvalue weighted by Gasteiger charge is -2.15. The molecule has 1 atom stereocenters. The molecular weight excluding hydrogens is 174 g/mol. The Hall–Kier alpha value is -0.790. The van der Waals surface area contributed by atoms with E-state index < -0.39 is 0 Å². The third-order valence-corrected chi connectivity index (χ3v) is 1.90. The average molecular weight is 197 g/mol. The van der Waals surface area contributed by atoms with Gasteiger partial charge in [-0.3, -0.25) is 4.79 Å². The molecule has 2 heteroatoms. The first-order valence-corrected chi connectivity index (χ1v) is 5.42. The third-order valence-electron chi connectivity index (χ3n) is 1.90. The summed E-state index contributed by atoms with van der Waals surface area (Å²) in [4.78, 5) is 11.7. The Morgan fingerprint density at radius 3 is 2.29 bits per heavy atom. The molecule has 0 saturated carbocycles. The van der Waals surface area contributed by atoms with Gasteiger partial charge in [-0.25, -0.2) is 0 Å². The first-order chi connectivity index (χ1) is 6.47. The summed E-state index contributed by atoms with van der Waals surface area (Å²) in [5.41, 5.74) is 1.21. The number of allylic oxidation sites excluding steroid dienone is 1. The zero-order valence-electron chi connectivity index (χ0n) is 10.1. The van der Waals surface area contributed by atoms with Crippen LogP contribution in [0, 0.1) is 5.92 Å². The highest BCUT2D eigenvalue weighted by molar-refractivity contribution is 5.80. The summed E-state index contributed by atoms with van der Waals surface area (Å²) in [6, 6.07) is 0.229. The minimum absolute atomic E-state index is 0.0485. The third kappa shape index (κ3) is 5.79. The van der Waals surface area contributed by atoms with Gasteiger partial charge in [0.2, 0.25) is 5.91 Å². The molecule has 1 unspecified atom stereocenters. The van der Waals surface area contributed by atoms with Gasteiger partial charge < -0.3 is 5.32 Å². The van der Waals surface area contributed by atoms with Crippen LogP contribution in [-0.2, 0) is 4.79 Å². The summed E-state index contributed by atoms with van der Waals surface area (Å²) < 4.78 is 0. The predicted molar refractivity (Wildman–Crippen MR) is 61.1 cm³/mol. The Balaban J connectivity index is 4.33. The number of amides is 1. The van der Waals surface area contributed by atoms with Crippen molar-refractivity contribution in [2.45, 2.75) is 53.5 Å². The van der Waals surface area contributed by atoms with Gasteiger partial charge in [-0.15, -0.1) is 0 Å². The molecule has 0 aliphatic carbocycles. The van der Waals surface area contributed by atoms with Crippen LogP contribution in [0.3, 0.4) is 0 Å². The van der Waals surface area contributed by atoms with E-state index in [1.165, 1.54) is 5.57 Å². The van der Waals surface area contributed by atoms with Crippen molar-refractivity contribution < 1.29 is 4.79 Å². The Kier molecular flexibility index (Phi) is 6.26. The van der Waals surface area contributed by atoms with Gasteiger partial charge in [0.1, 0.15) is 0 Å². The molecule has 0 saturated heterocycles. The maximum atomic E-state index is 11.7. The summed E-state index contributed by atoms with van der Waals surface area (Å²) in [5, 5.41) is 2.95. The number of carbonyl (C=O) groups excluding carboxylic acids is 1. The first-order valence-electron chi connectivity index (χ1n) is 5.42. The van der Waals surface area contributed by atoms with Crippen molar-refractivity contribution in [3.63, 3.8) is 0 Å². The molecule has 0 aliphatic rings. The van der Waals surface area contributed by atoms with Gasteiger partial charge in [0.15, 0.2) is 0 Å². The van der Waals surface area contributed by atoms with Gasteiger partial charge >= 0.3 is 0 Å². The van der Waals surface area contributed by atoms with Crippen molar-refractivity contribution in [3.05, 3.63) is 11.6 Å². The van der Waals surface area contributed by atoms with Gasteiger partial charge in [0, 0.05) is 6.04 Å². The van der Waals surface area contributed by atoms with Gasteiger partial charge in [0.25, 0.3) is 0 Å². The quantitative estimate of drug-likeness (QED) is 0.675. The topological polar surface area (TPSA) is 29.1 Å². The Labute approximate surface area is 87.8 Å². The predicted octanol–water partition coefficient (Wildman–Crippen LogP) is 2.89. The fourth-order valence-electron chi connectivity index (χ4n) is 1.40. The van der Waals surface area contributed by atoms with E-state index in [0.717, 1.165) is 12.8 Å². The van der Waals surface area contributed by atoms with E-state index in [0.29, 0.717) is 0 Å². The van der Waals surface area contributed by atoms with Crippen molar-refractivity contribution in [3.8, 4) is 0 Å². The molecule has 0 heterocycles. The molecule has 0 bridgehead atoms. The summed E-state index contributed by atoms with van der Waals surface area (Å²) in [6.45, 7) is 10.2. The van der Waals surface area contributed by atoms with E-state index in [2.05, 4.69) is 18.3 Å². The fraction of sp³-hybridized carbons (Fsp3) is 0.750. The molecule has 0 aromatic carbocycles. The van der Waals surface area contributed by atoms with Crippen molar-refractivity contribution in [2.75, 3.05) is 0 Å². The average Bonchev–Trinajstić information content (AvgIpc) is 2.01. The molecule has 0 aliphatic heterocycles. The Morgan fingerprint density at radius 2 is 1.93 bits per heavy atom. The van der Waals surface area contributed by atoms with Crippen LogP contribution in [-0.4, -0.2) is 11.9 Å². The van der Waals surface area contributed by atoms with E-state index in [9.17, 15) is 4.79 Å². The largest absolute Gasteiger partial charge is 0.353 e. The van der Waals surface area contributed by atoms with Gasteiger partial charge in [0.05, 0.1) is 5.92 Å². The standard InChI is InChI=1S/C12H23NO/c1-6-7-11(8-9(2)3)12(14)13-10(4)5/h8,10-11H,6-7H2,1-5H3,(H,13,14). The molecule has 14 heavy (non-hydrogen) atoms. The molecule has 0 fully saturated rings. The Bertz CT molecular complexity index is 202. The SMILES string of the molecule is CCCC(C=C(C)C)C(=O)NC(C)C. The molecule has 0 radical (unpaired) electrons. The van der Waals surface area contributed by atoms with Crippen molar-refractivity contribution >= 4 is 5.91 Å². The minimum Gasteiger partial charge on any atom is -0.353 e. The molecule has 82 valence electrons. The summed E-state index contributed by atoms with van der Waals surface area (Å²) in [5.74, 6) is 0.204. The van der Waals surface area contributed by atoms with Crippen LogP contribution in [0.5, 0.6) is 0 Å². The lowest BCUT2D eigenvalue weighted by Crippen LogP contribution is -2.35. The second kappa shape index (κ2) is 6.63. The lowest BCUT2D eigenvalue weighted by atomic mass is 10.00.